The Kier molecular flexibility index (Phi) is 3.74. The van der Waals surface area contributed by atoms with Crippen molar-refractivity contribution in [2.75, 3.05) is 12.4 Å². The lowest BCUT2D eigenvalue weighted by Crippen LogP contribution is -2.24. The van der Waals surface area contributed by atoms with E-state index in [0.29, 0.717) is 11.7 Å². The molecule has 2 aromatic heterocycles. The van der Waals surface area contributed by atoms with Crippen LogP contribution in [-0.2, 0) is 6.54 Å². The summed E-state index contributed by atoms with van der Waals surface area (Å²) in [7, 11) is 1.53. The minimum atomic E-state index is -0.689. The maximum absolute atomic E-state index is 13.8. The van der Waals surface area contributed by atoms with Gasteiger partial charge in [-0.15, -0.1) is 0 Å². The third-order valence-electron chi connectivity index (χ3n) is 2.44. The van der Waals surface area contributed by atoms with E-state index in [0.717, 1.165) is 0 Å². The normalized spacial score (nSPS) is 10.3. The minimum absolute atomic E-state index is 0.0274. The first-order valence-corrected chi connectivity index (χ1v) is 5.63. The van der Waals surface area contributed by atoms with Crippen molar-refractivity contribution < 1.29 is 13.6 Å². The molecular weight excluding hydrogens is 251 g/mol. The number of halogens is 1. The Morgan fingerprint density at radius 3 is 2.89 bits per heavy atom. The lowest BCUT2D eigenvalue weighted by molar-refractivity contribution is 0.0943. The molecule has 0 aromatic carbocycles. The number of nitrogens with zero attached hydrogens (tertiary/aromatic N) is 2. The number of aromatic nitrogens is 2. The highest BCUT2D eigenvalue weighted by Crippen LogP contribution is 2.14. The van der Waals surface area contributed by atoms with Crippen LogP contribution in [0, 0.1) is 12.7 Å². The van der Waals surface area contributed by atoms with Gasteiger partial charge in [-0.05, 0) is 13.0 Å². The first-order chi connectivity index (χ1) is 9.11. The van der Waals surface area contributed by atoms with Crippen LogP contribution in [0.3, 0.4) is 0 Å². The molecule has 0 atom stereocenters. The molecule has 100 valence electrons. The van der Waals surface area contributed by atoms with Gasteiger partial charge in [-0.1, -0.05) is 0 Å². The molecule has 0 aliphatic rings. The van der Waals surface area contributed by atoms with E-state index in [4.69, 9.17) is 4.42 Å². The first kappa shape index (κ1) is 13.0. The largest absolute Gasteiger partial charge is 0.444 e. The quantitative estimate of drug-likeness (QED) is 0.874. The number of nitrogens with one attached hydrogen (secondary N) is 2. The summed E-state index contributed by atoms with van der Waals surface area (Å²) >= 11 is 0. The van der Waals surface area contributed by atoms with Crippen molar-refractivity contribution in [3.05, 3.63) is 41.5 Å². The van der Waals surface area contributed by atoms with E-state index >= 15 is 0 Å². The van der Waals surface area contributed by atoms with Crippen LogP contribution in [0.1, 0.15) is 22.0 Å². The summed E-state index contributed by atoms with van der Waals surface area (Å²) in [5.74, 6) is -0.191. The zero-order chi connectivity index (χ0) is 13.8. The van der Waals surface area contributed by atoms with Gasteiger partial charge in [-0.3, -0.25) is 4.79 Å². The molecule has 0 saturated carbocycles. The van der Waals surface area contributed by atoms with Crippen molar-refractivity contribution in [2.45, 2.75) is 13.5 Å². The fraction of sp³-hybridized carbons (Fsp3) is 0.250. The maximum Gasteiger partial charge on any atom is 0.254 e. The summed E-state index contributed by atoms with van der Waals surface area (Å²) in [6.45, 7) is 1.85. The van der Waals surface area contributed by atoms with Crippen molar-refractivity contribution in [1.29, 1.82) is 0 Å². The van der Waals surface area contributed by atoms with Gasteiger partial charge in [0.05, 0.1) is 18.3 Å². The minimum Gasteiger partial charge on any atom is -0.444 e. The van der Waals surface area contributed by atoms with Crippen molar-refractivity contribution in [3.63, 3.8) is 0 Å². The van der Waals surface area contributed by atoms with Gasteiger partial charge in [0.1, 0.15) is 5.76 Å². The van der Waals surface area contributed by atoms with E-state index in [2.05, 4.69) is 20.6 Å². The number of oxazole rings is 1. The van der Waals surface area contributed by atoms with Crippen molar-refractivity contribution in [3.8, 4) is 0 Å². The molecule has 0 aliphatic heterocycles. The number of hydrogen-bond donors (Lipinski definition) is 2. The van der Waals surface area contributed by atoms with Gasteiger partial charge >= 0.3 is 0 Å². The Morgan fingerprint density at radius 2 is 2.26 bits per heavy atom. The summed E-state index contributed by atoms with van der Waals surface area (Å²) in [6.07, 6.45) is 2.91. The van der Waals surface area contributed by atoms with E-state index in [1.807, 2.05) is 0 Å². The number of hydrogen-bond acceptors (Lipinski definition) is 5. The monoisotopic (exact) mass is 264 g/mol. The number of carbonyl (C=O) groups excluding carboxylic acids is 1. The topological polar surface area (TPSA) is 80.0 Å². The highest BCUT2D eigenvalue weighted by molar-refractivity contribution is 5.95. The van der Waals surface area contributed by atoms with Crippen molar-refractivity contribution in [2.24, 2.45) is 0 Å². The van der Waals surface area contributed by atoms with E-state index in [1.165, 1.54) is 19.3 Å². The SMILES string of the molecule is CNc1nccc(C(=O)NCc2ncc(C)o2)c1F. The molecule has 2 rings (SSSR count). The molecule has 7 heteroatoms. The standard InChI is InChI=1S/C12H13FN4O2/c1-7-5-16-9(19-7)6-17-12(18)8-3-4-15-11(14-2)10(8)13/h3-5H,6H2,1-2H3,(H,14,15)(H,17,18). The zero-order valence-corrected chi connectivity index (χ0v) is 10.5. The van der Waals surface area contributed by atoms with E-state index in [9.17, 15) is 9.18 Å². The number of anilines is 1. The van der Waals surface area contributed by atoms with Crippen LogP contribution < -0.4 is 10.6 Å². The first-order valence-electron chi connectivity index (χ1n) is 5.63. The number of pyridine rings is 1. The third-order valence-corrected chi connectivity index (χ3v) is 2.44. The van der Waals surface area contributed by atoms with Gasteiger partial charge in [0.15, 0.2) is 11.6 Å². The predicted octanol–water partition coefficient (Wildman–Crippen LogP) is 1.49. The van der Waals surface area contributed by atoms with Crippen LogP contribution in [0.4, 0.5) is 10.2 Å². The van der Waals surface area contributed by atoms with Gasteiger partial charge in [0.2, 0.25) is 5.89 Å². The van der Waals surface area contributed by atoms with Crippen LogP contribution in [0.2, 0.25) is 0 Å². The van der Waals surface area contributed by atoms with Gasteiger partial charge in [0, 0.05) is 13.2 Å². The molecule has 2 N–H and O–H groups in total. The highest BCUT2D eigenvalue weighted by Gasteiger charge is 2.15. The lowest BCUT2D eigenvalue weighted by atomic mass is 10.2. The molecule has 6 nitrogen and oxygen atoms in total. The van der Waals surface area contributed by atoms with Crippen molar-refractivity contribution >= 4 is 11.7 Å². The summed E-state index contributed by atoms with van der Waals surface area (Å²) in [5.41, 5.74) is -0.0809. The smallest absolute Gasteiger partial charge is 0.254 e. The summed E-state index contributed by atoms with van der Waals surface area (Å²) in [4.78, 5) is 19.5. The Balaban J connectivity index is 2.08. The zero-order valence-electron chi connectivity index (χ0n) is 10.5. The second-order valence-corrected chi connectivity index (χ2v) is 3.82. The molecule has 19 heavy (non-hydrogen) atoms. The van der Waals surface area contributed by atoms with Gasteiger partial charge in [-0.2, -0.15) is 0 Å². The molecule has 0 fully saturated rings. The van der Waals surface area contributed by atoms with Crippen LogP contribution in [-0.4, -0.2) is 22.9 Å². The number of aryl methyl sites for hydroxylation is 1. The summed E-state index contributed by atoms with van der Waals surface area (Å²) in [5, 5.41) is 5.10. The Labute approximate surface area is 109 Å². The average Bonchev–Trinajstić information content (AvgIpc) is 2.82. The van der Waals surface area contributed by atoms with Crippen LogP contribution in [0.5, 0.6) is 0 Å². The summed E-state index contributed by atoms with van der Waals surface area (Å²) in [6, 6.07) is 1.31. The second-order valence-electron chi connectivity index (χ2n) is 3.82. The predicted molar refractivity (Wildman–Crippen MR) is 66.2 cm³/mol. The molecule has 1 amide bonds. The third kappa shape index (κ3) is 2.87. The number of rotatable bonds is 4. The molecule has 0 saturated heterocycles. The Morgan fingerprint density at radius 1 is 1.47 bits per heavy atom. The summed E-state index contributed by atoms with van der Waals surface area (Å²) < 4.78 is 19.0. The molecule has 0 aliphatic carbocycles. The van der Waals surface area contributed by atoms with Gasteiger partial charge in [0.25, 0.3) is 5.91 Å². The molecule has 2 heterocycles. The van der Waals surface area contributed by atoms with Crippen molar-refractivity contribution in [1.82, 2.24) is 15.3 Å². The fourth-order valence-electron chi connectivity index (χ4n) is 1.53. The number of carbonyl (C=O) groups is 1. The Hall–Kier alpha value is -2.44. The van der Waals surface area contributed by atoms with E-state index < -0.39 is 11.7 Å². The Bertz CT molecular complexity index is 597. The van der Waals surface area contributed by atoms with Crippen LogP contribution >= 0.6 is 0 Å². The van der Waals surface area contributed by atoms with Gasteiger partial charge < -0.3 is 15.1 Å². The molecule has 0 bridgehead atoms. The lowest BCUT2D eigenvalue weighted by Gasteiger charge is -2.06. The van der Waals surface area contributed by atoms with E-state index in [1.54, 1.807) is 13.1 Å². The highest BCUT2D eigenvalue weighted by atomic mass is 19.1. The van der Waals surface area contributed by atoms with Crippen LogP contribution in [0.15, 0.2) is 22.9 Å². The van der Waals surface area contributed by atoms with Gasteiger partial charge in [-0.25, -0.2) is 14.4 Å². The molecule has 2 aromatic rings. The molecule has 0 spiro atoms. The molecule has 0 radical (unpaired) electrons. The fourth-order valence-corrected chi connectivity index (χ4v) is 1.53. The van der Waals surface area contributed by atoms with Crippen LogP contribution in [0.25, 0.3) is 0 Å². The second kappa shape index (κ2) is 5.47. The number of amides is 1. The molecule has 0 unspecified atom stereocenters. The average molecular weight is 264 g/mol. The molecular formula is C12H13FN4O2. The maximum atomic E-state index is 13.8. The van der Waals surface area contributed by atoms with E-state index in [-0.39, 0.29) is 17.9 Å².